The second kappa shape index (κ2) is 6.13. The maximum absolute atomic E-state index is 12.6. The number of carbonyl (C=O) groups is 3. The maximum Gasteiger partial charge on any atom is 0.227 e. The van der Waals surface area contributed by atoms with Crippen LogP contribution < -0.4 is 5.73 Å². The summed E-state index contributed by atoms with van der Waals surface area (Å²) >= 11 is 0. The predicted molar refractivity (Wildman–Crippen MR) is 85.1 cm³/mol. The number of primary amides is 1. The molecule has 0 aromatic rings. The lowest BCUT2D eigenvalue weighted by molar-refractivity contribution is -0.138. The summed E-state index contributed by atoms with van der Waals surface area (Å²) in [6, 6.07) is 0. The quantitative estimate of drug-likeness (QED) is 0.814. The summed E-state index contributed by atoms with van der Waals surface area (Å²) < 4.78 is 0. The Balaban J connectivity index is 1.52. The van der Waals surface area contributed by atoms with Gasteiger partial charge in [-0.2, -0.15) is 0 Å². The van der Waals surface area contributed by atoms with Crippen LogP contribution in [0.4, 0.5) is 0 Å². The van der Waals surface area contributed by atoms with Crippen molar-refractivity contribution in [1.29, 1.82) is 0 Å². The number of amides is 3. The third kappa shape index (κ3) is 3.21. The number of carbonyl (C=O) groups excluding carboxylic acids is 3. The Labute approximate surface area is 137 Å². The highest BCUT2D eigenvalue weighted by molar-refractivity contribution is 5.89. The fraction of sp³-hybridized carbons (Fsp3) is 0.824. The lowest BCUT2D eigenvalue weighted by atomic mass is 9.65. The predicted octanol–water partition coefficient (Wildman–Crippen LogP) is 0.749. The third-order valence-corrected chi connectivity index (χ3v) is 6.27. The van der Waals surface area contributed by atoms with E-state index in [1.165, 1.54) is 0 Å². The van der Waals surface area contributed by atoms with Crippen LogP contribution >= 0.6 is 0 Å². The van der Waals surface area contributed by atoms with Gasteiger partial charge in [-0.05, 0) is 43.9 Å². The number of nitrogens with two attached hydrogens (primary N) is 1. The van der Waals surface area contributed by atoms with Crippen molar-refractivity contribution in [3.05, 3.63) is 0 Å². The average molecular weight is 321 g/mol. The van der Waals surface area contributed by atoms with Crippen LogP contribution in [-0.4, -0.2) is 54.2 Å². The molecule has 1 atom stereocenters. The summed E-state index contributed by atoms with van der Waals surface area (Å²) in [6.45, 7) is 2.13. The first kappa shape index (κ1) is 16.3. The van der Waals surface area contributed by atoms with Gasteiger partial charge < -0.3 is 15.5 Å². The molecule has 2 saturated heterocycles. The van der Waals surface area contributed by atoms with Crippen LogP contribution in [0.3, 0.4) is 0 Å². The normalized spacial score (nSPS) is 28.4. The minimum absolute atomic E-state index is 0.0420. The molecule has 128 valence electrons. The Kier molecular flexibility index (Phi) is 4.34. The van der Waals surface area contributed by atoms with Gasteiger partial charge >= 0.3 is 0 Å². The van der Waals surface area contributed by atoms with Crippen molar-refractivity contribution in [3.8, 4) is 0 Å². The van der Waals surface area contributed by atoms with Crippen molar-refractivity contribution in [2.24, 2.45) is 23.0 Å². The zero-order valence-corrected chi connectivity index (χ0v) is 13.9. The van der Waals surface area contributed by atoms with Gasteiger partial charge in [0, 0.05) is 39.0 Å². The monoisotopic (exact) mass is 321 g/mol. The van der Waals surface area contributed by atoms with Crippen molar-refractivity contribution in [1.82, 2.24) is 9.80 Å². The standard InChI is InChI=1S/C17H27N3O3/c1-19-11-13(10-14(19)21)16(23)20-8-6-17(7-9-20)4-2-12(3-5-17)15(18)22/h12-13H,2-11H2,1H3,(H2,18,22). The highest BCUT2D eigenvalue weighted by Crippen LogP contribution is 2.46. The molecule has 0 bridgehead atoms. The molecule has 3 aliphatic rings. The van der Waals surface area contributed by atoms with Crippen molar-refractivity contribution < 1.29 is 14.4 Å². The number of hydrogen-bond acceptors (Lipinski definition) is 3. The molecule has 3 amide bonds. The smallest absolute Gasteiger partial charge is 0.227 e. The first-order chi connectivity index (χ1) is 10.9. The summed E-state index contributed by atoms with van der Waals surface area (Å²) in [6.07, 6.45) is 6.27. The number of nitrogens with zero attached hydrogens (tertiary/aromatic N) is 2. The van der Waals surface area contributed by atoms with E-state index in [2.05, 4.69) is 0 Å². The number of piperidine rings is 1. The van der Waals surface area contributed by atoms with E-state index in [0.29, 0.717) is 18.4 Å². The summed E-state index contributed by atoms with van der Waals surface area (Å²) in [5.41, 5.74) is 5.71. The Morgan fingerprint density at radius 3 is 2.17 bits per heavy atom. The Bertz CT molecular complexity index is 501. The number of rotatable bonds is 2. The van der Waals surface area contributed by atoms with E-state index in [4.69, 9.17) is 5.73 Å². The third-order valence-electron chi connectivity index (χ3n) is 6.27. The van der Waals surface area contributed by atoms with Crippen molar-refractivity contribution in [3.63, 3.8) is 0 Å². The molecule has 23 heavy (non-hydrogen) atoms. The molecule has 6 heteroatoms. The second-order valence-electron chi connectivity index (χ2n) is 7.68. The molecular weight excluding hydrogens is 294 g/mol. The van der Waals surface area contributed by atoms with Crippen molar-refractivity contribution >= 4 is 17.7 Å². The van der Waals surface area contributed by atoms with Gasteiger partial charge in [0.2, 0.25) is 17.7 Å². The van der Waals surface area contributed by atoms with Gasteiger partial charge in [0.1, 0.15) is 0 Å². The zero-order chi connectivity index (χ0) is 16.6. The zero-order valence-electron chi connectivity index (χ0n) is 13.9. The molecule has 3 fully saturated rings. The first-order valence-electron chi connectivity index (χ1n) is 8.72. The van der Waals surface area contributed by atoms with Crippen LogP contribution in [0.1, 0.15) is 44.9 Å². The molecule has 6 nitrogen and oxygen atoms in total. The van der Waals surface area contributed by atoms with Crippen LogP contribution in [0.25, 0.3) is 0 Å². The van der Waals surface area contributed by atoms with Crippen molar-refractivity contribution in [2.75, 3.05) is 26.7 Å². The Morgan fingerprint density at radius 1 is 1.09 bits per heavy atom. The van der Waals surface area contributed by atoms with Gasteiger partial charge in [-0.1, -0.05) is 0 Å². The molecule has 1 saturated carbocycles. The van der Waals surface area contributed by atoms with Crippen LogP contribution in [0, 0.1) is 17.3 Å². The summed E-state index contributed by atoms with van der Waals surface area (Å²) in [7, 11) is 1.76. The summed E-state index contributed by atoms with van der Waals surface area (Å²) in [4.78, 5) is 39.1. The molecule has 1 spiro atoms. The van der Waals surface area contributed by atoms with Crippen LogP contribution in [-0.2, 0) is 14.4 Å². The van der Waals surface area contributed by atoms with Gasteiger partial charge in [-0.3, -0.25) is 14.4 Å². The van der Waals surface area contributed by atoms with Gasteiger partial charge in [0.05, 0.1) is 5.92 Å². The van der Waals surface area contributed by atoms with Gasteiger partial charge in [0.25, 0.3) is 0 Å². The van der Waals surface area contributed by atoms with E-state index >= 15 is 0 Å². The topological polar surface area (TPSA) is 83.7 Å². The average Bonchev–Trinajstić information content (AvgIpc) is 2.87. The van der Waals surface area contributed by atoms with Crippen LogP contribution in [0.15, 0.2) is 0 Å². The number of hydrogen-bond donors (Lipinski definition) is 1. The summed E-state index contributed by atoms with van der Waals surface area (Å²) in [5, 5.41) is 0. The van der Waals surface area contributed by atoms with E-state index in [1.54, 1.807) is 11.9 Å². The molecule has 2 heterocycles. The Morgan fingerprint density at radius 2 is 1.70 bits per heavy atom. The molecule has 3 rings (SSSR count). The molecule has 0 radical (unpaired) electrons. The molecule has 2 aliphatic heterocycles. The molecule has 2 N–H and O–H groups in total. The van der Waals surface area contributed by atoms with Gasteiger partial charge in [0.15, 0.2) is 0 Å². The molecule has 0 aromatic carbocycles. The fourth-order valence-corrected chi connectivity index (χ4v) is 4.50. The van der Waals surface area contributed by atoms with Gasteiger partial charge in [-0.25, -0.2) is 0 Å². The molecule has 1 aliphatic carbocycles. The lowest BCUT2D eigenvalue weighted by Gasteiger charge is -2.46. The van der Waals surface area contributed by atoms with E-state index in [0.717, 1.165) is 51.6 Å². The van der Waals surface area contributed by atoms with E-state index in [1.807, 2.05) is 4.90 Å². The highest BCUT2D eigenvalue weighted by Gasteiger charge is 2.42. The SMILES string of the molecule is CN1CC(C(=O)N2CCC3(CCC(C(N)=O)CC3)CC2)CC1=O. The number of likely N-dealkylation sites (tertiary alicyclic amines) is 2. The van der Waals surface area contributed by atoms with E-state index in [-0.39, 0.29) is 29.6 Å². The molecule has 1 unspecified atom stereocenters. The fourth-order valence-electron chi connectivity index (χ4n) is 4.50. The van der Waals surface area contributed by atoms with Crippen LogP contribution in [0.2, 0.25) is 0 Å². The van der Waals surface area contributed by atoms with E-state index < -0.39 is 0 Å². The largest absolute Gasteiger partial charge is 0.369 e. The molecular formula is C17H27N3O3. The van der Waals surface area contributed by atoms with E-state index in [9.17, 15) is 14.4 Å². The minimum Gasteiger partial charge on any atom is -0.369 e. The minimum atomic E-state index is -0.164. The first-order valence-corrected chi connectivity index (χ1v) is 8.72. The Hall–Kier alpha value is -1.59. The molecule has 0 aromatic heterocycles. The van der Waals surface area contributed by atoms with Crippen LogP contribution in [0.5, 0.6) is 0 Å². The van der Waals surface area contributed by atoms with Crippen molar-refractivity contribution in [2.45, 2.75) is 44.9 Å². The maximum atomic E-state index is 12.6. The lowest BCUT2D eigenvalue weighted by Crippen LogP contribution is -2.47. The second-order valence-corrected chi connectivity index (χ2v) is 7.68. The van der Waals surface area contributed by atoms with Gasteiger partial charge in [-0.15, -0.1) is 0 Å². The highest BCUT2D eigenvalue weighted by atomic mass is 16.2. The summed E-state index contributed by atoms with van der Waals surface area (Å²) in [5.74, 6) is -0.0695.